The molecule has 0 radical (unpaired) electrons. The lowest BCUT2D eigenvalue weighted by Crippen LogP contribution is -2.46. The lowest BCUT2D eigenvalue weighted by molar-refractivity contribution is -0.155. The third-order valence-corrected chi connectivity index (χ3v) is 6.84. The zero-order valence-electron chi connectivity index (χ0n) is 19.1. The summed E-state index contributed by atoms with van der Waals surface area (Å²) in [5.41, 5.74) is 5.01. The number of fused-ring (bicyclic) bond motifs is 2. The highest BCUT2D eigenvalue weighted by Gasteiger charge is 2.44. The van der Waals surface area contributed by atoms with Crippen molar-refractivity contribution in [3.63, 3.8) is 0 Å². The van der Waals surface area contributed by atoms with E-state index in [9.17, 15) is 17.6 Å². The zero-order valence-corrected chi connectivity index (χ0v) is 19.9. The van der Waals surface area contributed by atoms with Crippen LogP contribution in [0, 0.1) is 0 Å². The van der Waals surface area contributed by atoms with Gasteiger partial charge in [0, 0.05) is 17.6 Å². The van der Waals surface area contributed by atoms with Crippen LogP contribution in [0.1, 0.15) is 42.5 Å². The summed E-state index contributed by atoms with van der Waals surface area (Å²) in [7, 11) is 0. The van der Waals surface area contributed by atoms with Crippen LogP contribution in [0.3, 0.4) is 0 Å². The monoisotopic (exact) mass is 496 g/mol. The second kappa shape index (κ2) is 10.7. The third kappa shape index (κ3) is 5.58. The van der Waals surface area contributed by atoms with E-state index in [-0.39, 0.29) is 12.7 Å². The molecular weight excluding hydrogens is 468 g/mol. The standard InChI is InChI=1S/C26H29ClF4N2O/c1-17-13-21-20-6-3-2-5-18(20)14-22(21)25(33(17)16-26(29,30)31)23-15-19(7-8-24(23)27)34-12-11-32-10-4-9-28/h2-3,5-8,15,17,25,32H,4,9-14,16H2,1H3/t17-,25+/m1/s1. The zero-order chi connectivity index (χ0) is 24.3. The molecule has 2 atom stereocenters. The molecule has 1 aliphatic heterocycles. The van der Waals surface area contributed by atoms with Gasteiger partial charge in [-0.25, -0.2) is 0 Å². The van der Waals surface area contributed by atoms with Crippen LogP contribution in [0.4, 0.5) is 17.6 Å². The Kier molecular flexibility index (Phi) is 7.85. The van der Waals surface area contributed by atoms with E-state index in [0.29, 0.717) is 55.3 Å². The van der Waals surface area contributed by atoms with Gasteiger partial charge in [-0.2, -0.15) is 13.2 Å². The van der Waals surface area contributed by atoms with Crippen LogP contribution >= 0.6 is 11.6 Å². The molecule has 3 nitrogen and oxygen atoms in total. The molecular formula is C26H29ClF4N2O. The summed E-state index contributed by atoms with van der Waals surface area (Å²) in [5, 5.41) is 3.51. The Hall–Kier alpha value is -2.09. The summed E-state index contributed by atoms with van der Waals surface area (Å²) in [5.74, 6) is 0.550. The topological polar surface area (TPSA) is 24.5 Å². The summed E-state index contributed by atoms with van der Waals surface area (Å²) in [6.07, 6.45) is -2.71. The van der Waals surface area contributed by atoms with Gasteiger partial charge < -0.3 is 10.1 Å². The molecule has 2 aromatic rings. The fraction of sp³-hybridized carbons (Fsp3) is 0.462. The van der Waals surface area contributed by atoms with Crippen LogP contribution in [-0.4, -0.2) is 50.0 Å². The molecule has 0 saturated heterocycles. The number of rotatable bonds is 9. The molecule has 8 heteroatoms. The Morgan fingerprint density at radius 2 is 1.94 bits per heavy atom. The number of nitrogens with zero attached hydrogens (tertiary/aromatic N) is 1. The van der Waals surface area contributed by atoms with Gasteiger partial charge in [-0.1, -0.05) is 35.9 Å². The summed E-state index contributed by atoms with van der Waals surface area (Å²) < 4.78 is 59.0. The molecule has 1 N–H and O–H groups in total. The van der Waals surface area contributed by atoms with Crippen molar-refractivity contribution in [3.05, 3.63) is 69.8 Å². The molecule has 0 spiro atoms. The number of benzene rings is 2. The Morgan fingerprint density at radius 3 is 2.71 bits per heavy atom. The van der Waals surface area contributed by atoms with Gasteiger partial charge in [-0.05, 0) is 78.8 Å². The van der Waals surface area contributed by atoms with Gasteiger partial charge in [0.1, 0.15) is 12.4 Å². The molecule has 0 aromatic heterocycles. The largest absolute Gasteiger partial charge is 0.492 e. The number of nitrogens with one attached hydrogen (secondary N) is 1. The number of ether oxygens (including phenoxy) is 1. The summed E-state index contributed by atoms with van der Waals surface area (Å²) in [6, 6.07) is 12.3. The molecule has 34 heavy (non-hydrogen) atoms. The third-order valence-electron chi connectivity index (χ3n) is 6.50. The van der Waals surface area contributed by atoms with Crippen molar-refractivity contribution in [2.45, 2.75) is 44.4 Å². The quantitative estimate of drug-likeness (QED) is 0.322. The molecule has 0 saturated carbocycles. The first-order valence-corrected chi connectivity index (χ1v) is 12.0. The predicted molar refractivity (Wildman–Crippen MR) is 127 cm³/mol. The molecule has 0 bridgehead atoms. The van der Waals surface area contributed by atoms with Crippen molar-refractivity contribution < 1.29 is 22.3 Å². The van der Waals surface area contributed by atoms with Crippen LogP contribution in [0.25, 0.3) is 5.57 Å². The maximum Gasteiger partial charge on any atom is 0.401 e. The van der Waals surface area contributed by atoms with Gasteiger partial charge in [0.15, 0.2) is 0 Å². The second-order valence-electron chi connectivity index (χ2n) is 8.91. The van der Waals surface area contributed by atoms with Gasteiger partial charge in [0.2, 0.25) is 0 Å². The van der Waals surface area contributed by atoms with Crippen molar-refractivity contribution in [2.75, 3.05) is 32.9 Å². The van der Waals surface area contributed by atoms with Gasteiger partial charge in [-0.3, -0.25) is 9.29 Å². The van der Waals surface area contributed by atoms with Crippen molar-refractivity contribution in [3.8, 4) is 5.75 Å². The van der Waals surface area contributed by atoms with E-state index in [1.807, 2.05) is 25.1 Å². The highest BCUT2D eigenvalue weighted by Crippen LogP contribution is 2.50. The van der Waals surface area contributed by atoms with Gasteiger partial charge in [0.05, 0.1) is 19.3 Å². The number of hydrogen-bond acceptors (Lipinski definition) is 3. The average Bonchev–Trinajstić information content (AvgIpc) is 3.15. The molecule has 184 valence electrons. The normalized spacial score (nSPS) is 20.4. The van der Waals surface area contributed by atoms with E-state index in [2.05, 4.69) is 11.4 Å². The minimum atomic E-state index is -4.33. The fourth-order valence-electron chi connectivity index (χ4n) is 5.02. The molecule has 1 heterocycles. The van der Waals surface area contributed by atoms with Crippen molar-refractivity contribution >= 4 is 17.2 Å². The van der Waals surface area contributed by atoms with Crippen molar-refractivity contribution in [1.82, 2.24) is 10.2 Å². The van der Waals surface area contributed by atoms with Crippen molar-refractivity contribution in [2.24, 2.45) is 0 Å². The SMILES string of the molecule is C[C@@H]1CC2=C(Cc3ccccc32)[C@@H](c2cc(OCCNCCCF)ccc2Cl)N1CC(F)(F)F. The number of halogens is 5. The minimum Gasteiger partial charge on any atom is -0.492 e. The van der Waals surface area contributed by atoms with Crippen molar-refractivity contribution in [1.29, 1.82) is 0 Å². The van der Waals surface area contributed by atoms with Crippen LogP contribution < -0.4 is 10.1 Å². The predicted octanol–water partition coefficient (Wildman–Crippen LogP) is 6.38. The van der Waals surface area contributed by atoms with E-state index >= 15 is 0 Å². The molecule has 4 rings (SSSR count). The lowest BCUT2D eigenvalue weighted by atomic mass is 9.85. The van der Waals surface area contributed by atoms with Gasteiger partial charge >= 0.3 is 6.18 Å². The highest BCUT2D eigenvalue weighted by atomic mass is 35.5. The first-order valence-electron chi connectivity index (χ1n) is 11.6. The van der Waals surface area contributed by atoms with Gasteiger partial charge in [-0.15, -0.1) is 0 Å². The number of alkyl halides is 4. The number of hydrogen-bond donors (Lipinski definition) is 1. The summed E-state index contributed by atoms with van der Waals surface area (Å²) in [4.78, 5) is 1.52. The van der Waals surface area contributed by atoms with E-state index < -0.39 is 18.8 Å². The first kappa shape index (κ1) is 25.0. The molecule has 2 aromatic carbocycles. The first-order chi connectivity index (χ1) is 16.3. The minimum absolute atomic E-state index is 0.308. The lowest BCUT2D eigenvalue weighted by Gasteiger charge is -2.43. The van der Waals surface area contributed by atoms with Crippen LogP contribution in [0.5, 0.6) is 5.75 Å². The average molecular weight is 497 g/mol. The van der Waals surface area contributed by atoms with Crippen LogP contribution in [-0.2, 0) is 6.42 Å². The fourth-order valence-corrected chi connectivity index (χ4v) is 5.24. The van der Waals surface area contributed by atoms with Crippen LogP contribution in [0.15, 0.2) is 48.0 Å². The van der Waals surface area contributed by atoms with E-state index in [1.165, 1.54) is 4.90 Å². The van der Waals surface area contributed by atoms with E-state index in [0.717, 1.165) is 22.3 Å². The van der Waals surface area contributed by atoms with E-state index in [1.54, 1.807) is 18.2 Å². The highest BCUT2D eigenvalue weighted by molar-refractivity contribution is 6.31. The molecule has 0 unspecified atom stereocenters. The Morgan fingerprint density at radius 1 is 1.15 bits per heavy atom. The molecule has 1 aliphatic carbocycles. The maximum atomic E-state index is 13.6. The molecule has 2 aliphatic rings. The Bertz CT molecular complexity index is 1040. The van der Waals surface area contributed by atoms with Crippen LogP contribution in [0.2, 0.25) is 5.02 Å². The summed E-state index contributed by atoms with van der Waals surface area (Å²) in [6.45, 7) is 1.94. The van der Waals surface area contributed by atoms with E-state index in [4.69, 9.17) is 16.3 Å². The van der Waals surface area contributed by atoms with Gasteiger partial charge in [0.25, 0.3) is 0 Å². The maximum absolute atomic E-state index is 13.6. The molecule has 0 fully saturated rings. The molecule has 0 amide bonds. The summed E-state index contributed by atoms with van der Waals surface area (Å²) >= 11 is 6.60. The smallest absolute Gasteiger partial charge is 0.401 e. The Labute approximate surface area is 202 Å². The second-order valence-corrected chi connectivity index (χ2v) is 9.31. The Balaban J connectivity index is 1.65.